The summed E-state index contributed by atoms with van der Waals surface area (Å²) in [4.78, 5) is 0. The lowest BCUT2D eigenvalue weighted by molar-refractivity contribution is 0.00781. The van der Waals surface area contributed by atoms with E-state index in [1.807, 2.05) is 31.2 Å². The van der Waals surface area contributed by atoms with Gasteiger partial charge in [0, 0.05) is 0 Å². The molecule has 0 aliphatic heterocycles. The molecule has 1 fully saturated rings. The zero-order chi connectivity index (χ0) is 12.3. The fraction of sp³-hybridized carbons (Fsp3) is 0.500. The zero-order valence-corrected chi connectivity index (χ0v) is 10.0. The van der Waals surface area contributed by atoms with Crippen molar-refractivity contribution in [2.75, 3.05) is 6.61 Å². The molecular weight excluding hydrogens is 214 g/mol. The number of rotatable bonds is 4. The van der Waals surface area contributed by atoms with E-state index >= 15 is 0 Å². The summed E-state index contributed by atoms with van der Waals surface area (Å²) in [6.07, 6.45) is 1.88. The molecule has 0 bridgehead atoms. The molecule has 0 radical (unpaired) electrons. The van der Waals surface area contributed by atoms with Crippen LogP contribution in [0, 0.1) is 16.7 Å². The largest absolute Gasteiger partial charge is 0.494 e. The summed E-state index contributed by atoms with van der Waals surface area (Å²) in [5.41, 5.74) is 0.197. The van der Waals surface area contributed by atoms with Crippen molar-refractivity contribution in [1.82, 2.24) is 0 Å². The molecule has 1 aromatic carbocycles. The summed E-state index contributed by atoms with van der Waals surface area (Å²) in [6, 6.07) is 9.67. The number of nitrogens with zero attached hydrogens (tertiary/aromatic N) is 1. The summed E-state index contributed by atoms with van der Waals surface area (Å²) in [6.45, 7) is 2.52. The third-order valence-corrected chi connectivity index (χ3v) is 3.48. The molecule has 2 rings (SSSR count). The van der Waals surface area contributed by atoms with E-state index in [-0.39, 0.29) is 0 Å². The van der Waals surface area contributed by atoms with Gasteiger partial charge in [-0.25, -0.2) is 0 Å². The van der Waals surface area contributed by atoms with Gasteiger partial charge in [-0.3, -0.25) is 0 Å². The standard InChI is InChI=1S/C14H17NO2/c1-2-17-12-6-3-5-11(9-12)13(16)14(10-15)7-4-8-14/h3,5-6,9,13,16H,2,4,7-8H2,1H3. The van der Waals surface area contributed by atoms with Crippen molar-refractivity contribution in [3.8, 4) is 11.8 Å². The van der Waals surface area contributed by atoms with Crippen LogP contribution in [0.5, 0.6) is 5.75 Å². The summed E-state index contributed by atoms with van der Waals surface area (Å²) in [7, 11) is 0. The number of hydrogen-bond donors (Lipinski definition) is 1. The topological polar surface area (TPSA) is 53.2 Å². The molecule has 17 heavy (non-hydrogen) atoms. The molecule has 1 saturated carbocycles. The summed E-state index contributed by atoms with van der Waals surface area (Å²) in [5, 5.41) is 19.5. The third kappa shape index (κ3) is 2.13. The second kappa shape index (κ2) is 4.77. The fourth-order valence-electron chi connectivity index (χ4n) is 2.26. The van der Waals surface area contributed by atoms with Gasteiger partial charge >= 0.3 is 0 Å². The first-order valence-corrected chi connectivity index (χ1v) is 6.04. The maximum absolute atomic E-state index is 10.3. The SMILES string of the molecule is CCOc1cccc(C(O)C2(C#N)CCC2)c1. The van der Waals surface area contributed by atoms with Crippen molar-refractivity contribution in [3.05, 3.63) is 29.8 Å². The van der Waals surface area contributed by atoms with E-state index in [1.54, 1.807) is 0 Å². The van der Waals surface area contributed by atoms with Crippen LogP contribution in [0.1, 0.15) is 37.9 Å². The van der Waals surface area contributed by atoms with E-state index < -0.39 is 11.5 Å². The number of aliphatic hydroxyl groups is 1. The molecule has 90 valence electrons. The average molecular weight is 231 g/mol. The lowest BCUT2D eigenvalue weighted by Gasteiger charge is -2.39. The number of nitriles is 1. The van der Waals surface area contributed by atoms with Crippen LogP contribution >= 0.6 is 0 Å². The Morgan fingerprint density at radius 1 is 1.53 bits per heavy atom. The van der Waals surface area contributed by atoms with Crippen molar-refractivity contribution in [3.63, 3.8) is 0 Å². The van der Waals surface area contributed by atoms with Gasteiger partial charge < -0.3 is 9.84 Å². The van der Waals surface area contributed by atoms with Crippen molar-refractivity contribution in [2.45, 2.75) is 32.3 Å². The summed E-state index contributed by atoms with van der Waals surface area (Å²) < 4.78 is 5.40. The monoisotopic (exact) mass is 231 g/mol. The van der Waals surface area contributed by atoms with E-state index in [9.17, 15) is 10.4 Å². The van der Waals surface area contributed by atoms with Crippen LogP contribution in [0.25, 0.3) is 0 Å². The van der Waals surface area contributed by atoms with Gasteiger partial charge in [-0.1, -0.05) is 18.6 Å². The Bertz CT molecular complexity index is 432. The minimum absolute atomic E-state index is 0.579. The van der Waals surface area contributed by atoms with Crippen LogP contribution in [0.4, 0.5) is 0 Å². The van der Waals surface area contributed by atoms with Gasteiger partial charge in [-0.2, -0.15) is 5.26 Å². The third-order valence-electron chi connectivity index (χ3n) is 3.48. The molecular formula is C14H17NO2. The molecule has 3 heteroatoms. The van der Waals surface area contributed by atoms with Crippen LogP contribution in [0.2, 0.25) is 0 Å². The van der Waals surface area contributed by atoms with Gasteiger partial charge in [0.25, 0.3) is 0 Å². The van der Waals surface area contributed by atoms with Gasteiger partial charge in [-0.15, -0.1) is 0 Å². The van der Waals surface area contributed by atoms with Crippen LogP contribution in [0.15, 0.2) is 24.3 Å². The Labute approximate surface area is 102 Å². The van der Waals surface area contributed by atoms with E-state index in [1.165, 1.54) is 0 Å². The van der Waals surface area contributed by atoms with E-state index in [4.69, 9.17) is 4.74 Å². The Morgan fingerprint density at radius 2 is 2.29 bits per heavy atom. The Hall–Kier alpha value is -1.53. The first-order chi connectivity index (χ1) is 8.22. The Morgan fingerprint density at radius 3 is 2.82 bits per heavy atom. The predicted octanol–water partition coefficient (Wildman–Crippen LogP) is 2.81. The molecule has 0 spiro atoms. The predicted molar refractivity (Wildman–Crippen MR) is 64.5 cm³/mol. The van der Waals surface area contributed by atoms with E-state index in [0.717, 1.165) is 30.6 Å². The lowest BCUT2D eigenvalue weighted by Crippen LogP contribution is -2.34. The molecule has 1 aromatic rings. The molecule has 0 aromatic heterocycles. The van der Waals surface area contributed by atoms with E-state index in [2.05, 4.69) is 6.07 Å². The maximum Gasteiger partial charge on any atom is 0.119 e. The second-order valence-electron chi connectivity index (χ2n) is 4.53. The lowest BCUT2D eigenvalue weighted by atomic mass is 9.65. The van der Waals surface area contributed by atoms with Gasteiger partial charge in [0.1, 0.15) is 5.75 Å². The highest BCUT2D eigenvalue weighted by atomic mass is 16.5. The van der Waals surface area contributed by atoms with Crippen LogP contribution in [-0.4, -0.2) is 11.7 Å². The molecule has 0 heterocycles. The first kappa shape index (κ1) is 11.9. The maximum atomic E-state index is 10.3. The zero-order valence-electron chi connectivity index (χ0n) is 10.0. The highest BCUT2D eigenvalue weighted by Crippen LogP contribution is 2.49. The highest BCUT2D eigenvalue weighted by molar-refractivity contribution is 5.32. The van der Waals surface area contributed by atoms with Gasteiger partial charge in [0.05, 0.1) is 24.2 Å². The first-order valence-electron chi connectivity index (χ1n) is 6.04. The van der Waals surface area contributed by atoms with E-state index in [0.29, 0.717) is 6.61 Å². The molecule has 0 amide bonds. The number of aliphatic hydroxyl groups excluding tert-OH is 1. The summed E-state index contributed by atoms with van der Waals surface area (Å²) in [5.74, 6) is 0.747. The van der Waals surface area contributed by atoms with Crippen molar-refractivity contribution in [1.29, 1.82) is 5.26 Å². The summed E-state index contributed by atoms with van der Waals surface area (Å²) >= 11 is 0. The molecule has 1 aliphatic carbocycles. The van der Waals surface area contributed by atoms with Crippen molar-refractivity contribution >= 4 is 0 Å². The molecule has 3 nitrogen and oxygen atoms in total. The second-order valence-corrected chi connectivity index (χ2v) is 4.53. The van der Waals surface area contributed by atoms with Gasteiger partial charge in [0.15, 0.2) is 0 Å². The fourth-order valence-corrected chi connectivity index (χ4v) is 2.26. The molecule has 1 unspecified atom stereocenters. The van der Waals surface area contributed by atoms with Gasteiger partial charge in [-0.05, 0) is 37.5 Å². The molecule has 0 saturated heterocycles. The Kier molecular flexibility index (Phi) is 3.35. The average Bonchev–Trinajstić information content (AvgIpc) is 2.29. The number of ether oxygens (including phenoxy) is 1. The van der Waals surface area contributed by atoms with Gasteiger partial charge in [0.2, 0.25) is 0 Å². The number of benzene rings is 1. The number of hydrogen-bond acceptors (Lipinski definition) is 3. The minimum Gasteiger partial charge on any atom is -0.494 e. The van der Waals surface area contributed by atoms with Crippen LogP contribution in [-0.2, 0) is 0 Å². The highest BCUT2D eigenvalue weighted by Gasteiger charge is 2.44. The smallest absolute Gasteiger partial charge is 0.119 e. The Balaban J connectivity index is 2.22. The minimum atomic E-state index is -0.707. The normalized spacial score (nSPS) is 18.9. The molecule has 1 atom stereocenters. The quantitative estimate of drug-likeness (QED) is 0.866. The molecule has 1 aliphatic rings. The van der Waals surface area contributed by atoms with Crippen LogP contribution in [0.3, 0.4) is 0 Å². The molecule has 1 N–H and O–H groups in total. The van der Waals surface area contributed by atoms with Crippen molar-refractivity contribution in [2.24, 2.45) is 5.41 Å². The van der Waals surface area contributed by atoms with Crippen molar-refractivity contribution < 1.29 is 9.84 Å². The van der Waals surface area contributed by atoms with Crippen LogP contribution < -0.4 is 4.74 Å².